The van der Waals surface area contributed by atoms with E-state index in [4.69, 9.17) is 4.52 Å². The van der Waals surface area contributed by atoms with E-state index in [9.17, 15) is 0 Å². The Balaban J connectivity index is 1.81. The molecule has 0 saturated carbocycles. The van der Waals surface area contributed by atoms with Crippen LogP contribution in [0.5, 0.6) is 0 Å². The maximum Gasteiger partial charge on any atom is 0.213 e. The minimum atomic E-state index is 0.606. The highest BCUT2D eigenvalue weighted by Crippen LogP contribution is 2.23. The van der Waals surface area contributed by atoms with Crippen LogP contribution in [0.15, 0.2) is 10.9 Å². The first-order valence-electron chi connectivity index (χ1n) is 7.45. The molecule has 2 heterocycles. The molecule has 0 aromatic carbocycles. The zero-order valence-corrected chi connectivity index (χ0v) is 12.3. The second-order valence-electron chi connectivity index (χ2n) is 5.58. The highest BCUT2D eigenvalue weighted by Gasteiger charge is 2.31. The van der Waals surface area contributed by atoms with Gasteiger partial charge in [-0.1, -0.05) is 19.0 Å². The number of hydrogen-bond acceptors (Lipinski definition) is 5. The van der Waals surface area contributed by atoms with E-state index >= 15 is 0 Å². The van der Waals surface area contributed by atoms with Gasteiger partial charge in [-0.25, -0.2) is 0 Å². The smallest absolute Gasteiger partial charge is 0.213 e. The lowest BCUT2D eigenvalue weighted by molar-refractivity contribution is 0.0855. The quantitative estimate of drug-likeness (QED) is 0.849. The molecule has 0 bridgehead atoms. The van der Waals surface area contributed by atoms with Crippen LogP contribution in [0.2, 0.25) is 0 Å². The molecule has 0 radical (unpaired) electrons. The highest BCUT2D eigenvalue weighted by atomic mass is 16.5. The minimum Gasteiger partial charge on any atom is -0.343 e. The predicted octanol–water partition coefficient (Wildman–Crippen LogP) is 1.71. The third-order valence-electron chi connectivity index (χ3n) is 4.38. The van der Waals surface area contributed by atoms with Gasteiger partial charge in [0, 0.05) is 25.0 Å². The number of hydrogen-bond donors (Lipinski definition) is 1. The zero-order chi connectivity index (χ0) is 13.7. The van der Waals surface area contributed by atoms with E-state index in [1.165, 1.54) is 19.2 Å². The molecule has 3 unspecified atom stereocenters. The van der Waals surface area contributed by atoms with Gasteiger partial charge in [0.2, 0.25) is 6.39 Å². The van der Waals surface area contributed by atoms with Gasteiger partial charge in [0.1, 0.15) is 0 Å². The lowest BCUT2D eigenvalue weighted by Crippen LogP contribution is -2.53. The molecule has 0 spiro atoms. The summed E-state index contributed by atoms with van der Waals surface area (Å²) < 4.78 is 4.77. The Morgan fingerprint density at radius 1 is 1.47 bits per heavy atom. The van der Waals surface area contributed by atoms with Crippen LogP contribution >= 0.6 is 0 Å². The van der Waals surface area contributed by atoms with Crippen molar-refractivity contribution in [2.45, 2.75) is 52.1 Å². The van der Waals surface area contributed by atoms with Crippen LogP contribution in [0.25, 0.3) is 0 Å². The van der Waals surface area contributed by atoms with E-state index in [2.05, 4.69) is 41.1 Å². The maximum atomic E-state index is 4.77. The highest BCUT2D eigenvalue weighted by molar-refractivity contribution is 4.90. The van der Waals surface area contributed by atoms with E-state index in [0.29, 0.717) is 18.0 Å². The van der Waals surface area contributed by atoms with Gasteiger partial charge < -0.3 is 9.84 Å². The first-order valence-corrected chi connectivity index (χ1v) is 7.45. The number of likely N-dealkylation sites (tertiary alicyclic amines) is 1. The van der Waals surface area contributed by atoms with Crippen LogP contribution in [-0.4, -0.2) is 46.8 Å². The number of aromatic nitrogens is 2. The summed E-state index contributed by atoms with van der Waals surface area (Å²) >= 11 is 0. The summed E-state index contributed by atoms with van der Waals surface area (Å²) in [5.74, 6) is 1.50. The van der Waals surface area contributed by atoms with Crippen molar-refractivity contribution in [3.05, 3.63) is 12.2 Å². The van der Waals surface area contributed by atoms with Crippen molar-refractivity contribution in [1.29, 1.82) is 0 Å². The molecule has 1 aromatic heterocycles. The van der Waals surface area contributed by atoms with Gasteiger partial charge in [-0.15, -0.1) is 0 Å². The van der Waals surface area contributed by atoms with E-state index in [0.717, 1.165) is 31.9 Å². The van der Waals surface area contributed by atoms with Gasteiger partial charge in [0.25, 0.3) is 0 Å². The third-order valence-corrected chi connectivity index (χ3v) is 4.38. The van der Waals surface area contributed by atoms with Crippen molar-refractivity contribution in [3.63, 3.8) is 0 Å². The van der Waals surface area contributed by atoms with Gasteiger partial charge in [-0.3, -0.25) is 4.90 Å². The fourth-order valence-electron chi connectivity index (χ4n) is 2.92. The number of rotatable bonds is 6. The van der Waals surface area contributed by atoms with Gasteiger partial charge in [0.15, 0.2) is 5.82 Å². The lowest BCUT2D eigenvalue weighted by atomic mass is 9.87. The molecule has 108 valence electrons. The first kappa shape index (κ1) is 14.5. The van der Waals surface area contributed by atoms with Crippen molar-refractivity contribution in [1.82, 2.24) is 20.4 Å². The van der Waals surface area contributed by atoms with Crippen LogP contribution in [0, 0.1) is 5.92 Å². The van der Waals surface area contributed by atoms with Crippen molar-refractivity contribution in [2.24, 2.45) is 5.92 Å². The SMILES string of the molecule is CCCNC1CCN(CCc2ncon2)C(C)C1C. The average molecular weight is 266 g/mol. The normalized spacial score (nSPS) is 28.7. The number of nitrogens with one attached hydrogen (secondary N) is 1. The maximum absolute atomic E-state index is 4.77. The molecular weight excluding hydrogens is 240 g/mol. The molecule has 0 aliphatic carbocycles. The first-order chi connectivity index (χ1) is 9.22. The van der Waals surface area contributed by atoms with Crippen LogP contribution in [-0.2, 0) is 6.42 Å². The summed E-state index contributed by atoms with van der Waals surface area (Å²) in [6.07, 6.45) is 4.72. The summed E-state index contributed by atoms with van der Waals surface area (Å²) in [7, 11) is 0. The average Bonchev–Trinajstić information content (AvgIpc) is 2.92. The molecule has 1 saturated heterocycles. The summed E-state index contributed by atoms with van der Waals surface area (Å²) in [6, 6.07) is 1.27. The van der Waals surface area contributed by atoms with Crippen molar-refractivity contribution >= 4 is 0 Å². The van der Waals surface area contributed by atoms with E-state index in [-0.39, 0.29) is 0 Å². The predicted molar refractivity (Wildman–Crippen MR) is 74.9 cm³/mol. The Labute approximate surface area is 115 Å². The van der Waals surface area contributed by atoms with Gasteiger partial charge in [-0.2, -0.15) is 4.98 Å². The summed E-state index contributed by atoms with van der Waals surface area (Å²) in [6.45, 7) is 10.2. The number of piperidine rings is 1. The van der Waals surface area contributed by atoms with E-state index < -0.39 is 0 Å². The van der Waals surface area contributed by atoms with Crippen LogP contribution in [0.3, 0.4) is 0 Å². The zero-order valence-electron chi connectivity index (χ0n) is 12.3. The Hall–Kier alpha value is -0.940. The van der Waals surface area contributed by atoms with Crippen LogP contribution < -0.4 is 5.32 Å². The Morgan fingerprint density at radius 2 is 2.32 bits per heavy atom. The molecule has 3 atom stereocenters. The standard InChI is InChI=1S/C14H26N4O/c1-4-7-15-13-5-8-18(12(3)11(13)2)9-6-14-16-10-19-17-14/h10-13,15H,4-9H2,1-3H3. The Morgan fingerprint density at radius 3 is 3.00 bits per heavy atom. The molecular formula is C14H26N4O. The van der Waals surface area contributed by atoms with Crippen molar-refractivity contribution in [3.8, 4) is 0 Å². The molecule has 1 aliphatic rings. The molecule has 1 aromatic rings. The molecule has 2 rings (SSSR count). The Bertz CT molecular complexity index is 354. The second kappa shape index (κ2) is 7.01. The van der Waals surface area contributed by atoms with Crippen molar-refractivity contribution < 1.29 is 4.52 Å². The summed E-state index contributed by atoms with van der Waals surface area (Å²) in [4.78, 5) is 6.63. The second-order valence-corrected chi connectivity index (χ2v) is 5.58. The molecule has 1 fully saturated rings. The molecule has 19 heavy (non-hydrogen) atoms. The Kier molecular flexibility index (Phi) is 5.34. The number of nitrogens with zero attached hydrogens (tertiary/aromatic N) is 3. The summed E-state index contributed by atoms with van der Waals surface area (Å²) in [5, 5.41) is 7.55. The molecule has 1 N–H and O–H groups in total. The van der Waals surface area contributed by atoms with E-state index in [1.54, 1.807) is 0 Å². The van der Waals surface area contributed by atoms with E-state index in [1.807, 2.05) is 0 Å². The topological polar surface area (TPSA) is 54.2 Å². The summed E-state index contributed by atoms with van der Waals surface area (Å²) in [5.41, 5.74) is 0. The largest absolute Gasteiger partial charge is 0.343 e. The molecule has 5 nitrogen and oxygen atoms in total. The monoisotopic (exact) mass is 266 g/mol. The molecule has 1 aliphatic heterocycles. The van der Waals surface area contributed by atoms with Crippen molar-refractivity contribution in [2.75, 3.05) is 19.6 Å². The fraction of sp³-hybridized carbons (Fsp3) is 0.857. The van der Waals surface area contributed by atoms with Crippen LogP contribution in [0.4, 0.5) is 0 Å². The lowest BCUT2D eigenvalue weighted by Gasteiger charge is -2.43. The fourth-order valence-corrected chi connectivity index (χ4v) is 2.92. The van der Waals surface area contributed by atoms with Crippen LogP contribution in [0.1, 0.15) is 39.4 Å². The minimum absolute atomic E-state index is 0.606. The van der Waals surface area contributed by atoms with Gasteiger partial charge >= 0.3 is 0 Å². The van der Waals surface area contributed by atoms with Gasteiger partial charge in [0.05, 0.1) is 0 Å². The molecule has 0 amide bonds. The third kappa shape index (κ3) is 3.76. The molecule has 5 heteroatoms. The van der Waals surface area contributed by atoms with Gasteiger partial charge in [-0.05, 0) is 38.8 Å².